The van der Waals surface area contributed by atoms with Crippen LogP contribution in [-0.4, -0.2) is 107 Å². The van der Waals surface area contributed by atoms with Gasteiger partial charge in [-0.25, -0.2) is 0 Å². The van der Waals surface area contributed by atoms with Crippen LogP contribution in [0.4, 0.5) is 9.59 Å². The molecule has 20 heteroatoms. The first-order chi connectivity index (χ1) is 21.2. The van der Waals surface area contributed by atoms with Crippen molar-refractivity contribution in [2.24, 2.45) is 20.4 Å². The van der Waals surface area contributed by atoms with Crippen molar-refractivity contribution in [1.29, 1.82) is 0 Å². The van der Waals surface area contributed by atoms with Crippen molar-refractivity contribution in [3.63, 3.8) is 0 Å². The number of rotatable bonds is 2. The zero-order valence-electron chi connectivity index (χ0n) is 24.4. The molecule has 0 atom stereocenters. The summed E-state index contributed by atoms with van der Waals surface area (Å²) in [5.41, 5.74) is 1.17. The second-order valence-corrected chi connectivity index (χ2v) is 17.7. The molecule has 7 rings (SSSR count). The molecule has 0 unspecified atom stereocenters. The van der Waals surface area contributed by atoms with Crippen molar-refractivity contribution in [3.05, 3.63) is 71.8 Å². The fourth-order valence-corrected chi connectivity index (χ4v) is 21.2. The van der Waals surface area contributed by atoms with Crippen molar-refractivity contribution in [1.82, 2.24) is 28.0 Å². The number of carbonyl (C=O) groups excluding carboxylic acids is 2. The molecule has 2 aromatic rings. The summed E-state index contributed by atoms with van der Waals surface area (Å²) in [6.45, 7) is 0. The Hall–Kier alpha value is -5.08. The monoisotopic (exact) mass is 646 g/mol. The molecule has 18 nitrogen and oxygen atoms in total. The first-order valence-corrected chi connectivity index (χ1v) is 17.0. The minimum absolute atomic E-state index is 0.249. The van der Waals surface area contributed by atoms with Crippen LogP contribution < -0.4 is 0 Å². The summed E-state index contributed by atoms with van der Waals surface area (Å²) in [6, 6.07) is 18.2. The Morgan fingerprint density at radius 2 is 0.977 bits per heavy atom. The summed E-state index contributed by atoms with van der Waals surface area (Å²) in [4.78, 5) is 27.7. The number of hydrogen-bond acceptors (Lipinski definition) is 16. The molecule has 44 heavy (non-hydrogen) atoms. The van der Waals surface area contributed by atoms with Crippen LogP contribution in [0.1, 0.15) is 11.1 Å². The maximum atomic E-state index is 13.8. The Morgan fingerprint density at radius 3 is 1.30 bits per heavy atom. The molecular formula is C24H28N10O8P2. The van der Waals surface area contributed by atoms with Crippen LogP contribution in [-0.2, 0) is 28.0 Å². The average Bonchev–Trinajstić information content (AvgIpc) is 3.74. The number of nitrogens with zero attached hydrogens (tertiary/aromatic N) is 10. The molecule has 0 saturated carbocycles. The summed E-state index contributed by atoms with van der Waals surface area (Å²) in [5, 5.41) is 18.8. The van der Waals surface area contributed by atoms with E-state index in [1.54, 1.807) is 23.0 Å². The Kier molecular flexibility index (Phi) is 5.51. The first-order valence-electron chi connectivity index (χ1n) is 13.0. The number of ether oxygens (including phenoxy) is 4. The van der Waals surface area contributed by atoms with Gasteiger partial charge in [-0.3, -0.25) is 0 Å². The molecule has 5 aliphatic rings. The van der Waals surface area contributed by atoms with Crippen LogP contribution in [0.5, 0.6) is 0 Å². The molecule has 0 radical (unpaired) electrons. The molecule has 1 saturated heterocycles. The summed E-state index contributed by atoms with van der Waals surface area (Å²) < 4.78 is 43.5. The van der Waals surface area contributed by atoms with E-state index in [-0.39, 0.29) is 23.8 Å². The number of hydrogen-bond donors (Lipinski definition) is 0. The zero-order chi connectivity index (χ0) is 31.1. The summed E-state index contributed by atoms with van der Waals surface area (Å²) in [7, 11) is -1.82. The number of hydrazone groups is 4. The van der Waals surface area contributed by atoms with Gasteiger partial charge in [0.2, 0.25) is 0 Å². The topological polar surface area (TPSA) is 158 Å². The van der Waals surface area contributed by atoms with Crippen molar-refractivity contribution in [2.75, 3.05) is 42.5 Å². The fourth-order valence-electron chi connectivity index (χ4n) is 6.09. The van der Waals surface area contributed by atoms with Gasteiger partial charge in [-0.1, -0.05) is 0 Å². The van der Waals surface area contributed by atoms with E-state index >= 15 is 0 Å². The third-order valence-electron chi connectivity index (χ3n) is 7.78. The van der Waals surface area contributed by atoms with Gasteiger partial charge in [0, 0.05) is 0 Å². The van der Waals surface area contributed by atoms with E-state index < -0.39 is 27.1 Å². The minimum atomic E-state index is -5.08. The predicted molar refractivity (Wildman–Crippen MR) is 159 cm³/mol. The van der Waals surface area contributed by atoms with Gasteiger partial charge in [-0.05, 0) is 0 Å². The zero-order valence-corrected chi connectivity index (χ0v) is 26.2. The molecule has 0 aliphatic carbocycles. The van der Waals surface area contributed by atoms with Gasteiger partial charge in [0.15, 0.2) is 0 Å². The van der Waals surface area contributed by atoms with Crippen LogP contribution in [0.2, 0.25) is 0 Å². The number of methoxy groups -OCH3 is 4. The number of carbonyl (C=O) groups is 2. The molecule has 2 spiro atoms. The average molecular weight is 646 g/mol. The van der Waals surface area contributed by atoms with Crippen LogP contribution in [0, 0.1) is 0 Å². The quantitative estimate of drug-likeness (QED) is 0.438. The third kappa shape index (κ3) is 2.62. The SMILES string of the molecule is COC(=O)N1N=C(OC)OP123N(C)N=C(c1ccccc1)N2P12(OC(OC)=NN1C(=O)OC)N(C)N=C(c1ccccc1)N32. The molecule has 5 heterocycles. The Labute approximate surface area is 251 Å². The van der Waals surface area contributed by atoms with Crippen molar-refractivity contribution < 1.29 is 37.6 Å². The molecule has 232 valence electrons. The molecular weight excluding hydrogens is 618 g/mol. The van der Waals surface area contributed by atoms with Gasteiger partial charge in [0.25, 0.3) is 0 Å². The molecule has 5 aliphatic heterocycles. The first kappa shape index (κ1) is 27.7. The molecule has 2 amide bonds. The van der Waals surface area contributed by atoms with Gasteiger partial charge in [-0.15, -0.1) is 0 Å². The van der Waals surface area contributed by atoms with E-state index in [0.717, 1.165) is 9.56 Å². The van der Waals surface area contributed by atoms with Gasteiger partial charge < -0.3 is 0 Å². The van der Waals surface area contributed by atoms with Crippen LogP contribution >= 0.6 is 14.9 Å². The molecule has 0 aromatic heterocycles. The number of amides is 2. The van der Waals surface area contributed by atoms with Crippen molar-refractivity contribution >= 4 is 50.9 Å². The van der Waals surface area contributed by atoms with Gasteiger partial charge in [-0.2, -0.15) is 0 Å². The summed E-state index contributed by atoms with van der Waals surface area (Å²) in [6.07, 6.45) is -2.37. The van der Waals surface area contributed by atoms with E-state index in [4.69, 9.17) is 38.2 Å². The van der Waals surface area contributed by atoms with E-state index in [0.29, 0.717) is 11.1 Å². The van der Waals surface area contributed by atoms with E-state index in [1.165, 1.54) is 38.0 Å². The predicted octanol–water partition coefficient (Wildman–Crippen LogP) is 3.51. The second kappa shape index (κ2) is 8.74. The Morgan fingerprint density at radius 1 is 0.614 bits per heavy atom. The van der Waals surface area contributed by atoms with Gasteiger partial charge in [0.1, 0.15) is 0 Å². The van der Waals surface area contributed by atoms with Crippen molar-refractivity contribution in [2.45, 2.75) is 0 Å². The van der Waals surface area contributed by atoms with E-state index in [1.807, 2.05) is 60.7 Å². The summed E-state index contributed by atoms with van der Waals surface area (Å²) >= 11 is 0. The Bertz CT molecular complexity index is 1590. The van der Waals surface area contributed by atoms with Gasteiger partial charge in [0.05, 0.1) is 0 Å². The van der Waals surface area contributed by atoms with Gasteiger partial charge >= 0.3 is 251 Å². The standard InChI is InChI=1S/C24H28N10O8P2/c1-29-25-19(17-13-9-7-10-14-17)33-43(29,31(23(35)39-5)27-21(37-3)41-43)34-20(18-15-11-8-12-16-18)26-30(2)44(33,34)32(24(36)40-6)28-22(38-4)42-44/h7-16H,1-6H3. The van der Waals surface area contributed by atoms with Crippen LogP contribution in [0.15, 0.2) is 81.1 Å². The van der Waals surface area contributed by atoms with Crippen molar-refractivity contribution in [3.8, 4) is 0 Å². The second-order valence-electron chi connectivity index (χ2n) is 9.71. The van der Waals surface area contributed by atoms with Crippen LogP contribution in [0.25, 0.3) is 0 Å². The third-order valence-corrected chi connectivity index (χ3v) is 20.0. The fraction of sp³-hybridized carbons (Fsp3) is 0.250. The summed E-state index contributed by atoms with van der Waals surface area (Å²) in [5.74, 6) is 0.498. The molecule has 0 N–H and O–H groups in total. The normalized spacial score (nSPS) is 24.1. The van der Waals surface area contributed by atoms with E-state index in [9.17, 15) is 9.59 Å². The van der Waals surface area contributed by atoms with Crippen LogP contribution in [0.3, 0.4) is 0 Å². The van der Waals surface area contributed by atoms with E-state index in [2.05, 4.69) is 10.2 Å². The molecule has 0 bridgehead atoms. The number of amidine groups is 2. The Balaban J connectivity index is 1.64. The number of benzene rings is 2. The maximum absolute atomic E-state index is 13.8. The molecule has 2 aromatic carbocycles. The molecule has 1 fully saturated rings.